The van der Waals surface area contributed by atoms with Gasteiger partial charge in [-0.25, -0.2) is 8.42 Å². The fourth-order valence-corrected chi connectivity index (χ4v) is 4.88. The number of aromatic nitrogens is 1. The molecule has 0 saturated heterocycles. The summed E-state index contributed by atoms with van der Waals surface area (Å²) < 4.78 is 30.3. The zero-order chi connectivity index (χ0) is 20.8. The molecule has 4 rings (SSSR count). The third-order valence-corrected chi connectivity index (χ3v) is 6.14. The molecule has 2 N–H and O–H groups in total. The monoisotopic (exact) mass is 408 g/mol. The average Bonchev–Trinajstić information content (AvgIpc) is 3.18. The second-order valence-corrected chi connectivity index (χ2v) is 8.88. The molecule has 1 amide bonds. The standard InChI is InChI=1S/C22H20N2O4S/c1-13-21(29(3,26)27)20(14-7-5-4-6-8-14)19(23-13)12-17-16-11-15(28-2)9-10-18(16)24-22(17)25/h4-12,23H,1-3H3,(H,24,25). The van der Waals surface area contributed by atoms with Crippen LogP contribution in [-0.2, 0) is 14.6 Å². The summed E-state index contributed by atoms with van der Waals surface area (Å²) in [6.07, 6.45) is 2.89. The van der Waals surface area contributed by atoms with E-state index in [0.29, 0.717) is 39.5 Å². The van der Waals surface area contributed by atoms with Gasteiger partial charge in [-0.15, -0.1) is 0 Å². The van der Waals surface area contributed by atoms with Gasteiger partial charge in [-0.1, -0.05) is 30.3 Å². The van der Waals surface area contributed by atoms with Crippen LogP contribution in [0.5, 0.6) is 5.75 Å². The Balaban J connectivity index is 1.98. The van der Waals surface area contributed by atoms with Gasteiger partial charge in [-0.2, -0.15) is 0 Å². The molecule has 2 aromatic carbocycles. The zero-order valence-electron chi connectivity index (χ0n) is 16.2. The summed E-state index contributed by atoms with van der Waals surface area (Å²) >= 11 is 0. The number of ether oxygens (including phenoxy) is 1. The number of benzene rings is 2. The number of rotatable bonds is 4. The van der Waals surface area contributed by atoms with E-state index in [4.69, 9.17) is 4.74 Å². The van der Waals surface area contributed by atoms with E-state index in [1.165, 1.54) is 6.26 Å². The molecule has 0 spiro atoms. The highest BCUT2D eigenvalue weighted by molar-refractivity contribution is 7.91. The van der Waals surface area contributed by atoms with Crippen molar-refractivity contribution in [1.29, 1.82) is 0 Å². The van der Waals surface area contributed by atoms with Crippen molar-refractivity contribution in [3.63, 3.8) is 0 Å². The summed E-state index contributed by atoms with van der Waals surface area (Å²) in [4.78, 5) is 16.0. The molecule has 2 heterocycles. The maximum Gasteiger partial charge on any atom is 0.256 e. The predicted molar refractivity (Wildman–Crippen MR) is 114 cm³/mol. The number of carbonyl (C=O) groups is 1. The molecule has 0 fully saturated rings. The van der Waals surface area contributed by atoms with Crippen LogP contribution in [0.1, 0.15) is 17.0 Å². The topological polar surface area (TPSA) is 88.3 Å². The number of aromatic amines is 1. The van der Waals surface area contributed by atoms with Gasteiger partial charge in [0.1, 0.15) is 5.75 Å². The van der Waals surface area contributed by atoms with E-state index < -0.39 is 9.84 Å². The Labute approximate surface area is 169 Å². The van der Waals surface area contributed by atoms with E-state index >= 15 is 0 Å². The molecule has 1 aromatic heterocycles. The van der Waals surface area contributed by atoms with E-state index in [1.807, 2.05) is 30.3 Å². The SMILES string of the molecule is COc1ccc2c(c1)C(=Cc1[nH]c(C)c(S(C)(=O)=O)c1-c1ccccc1)C(=O)N2. The number of amides is 1. The lowest BCUT2D eigenvalue weighted by atomic mass is 10.0. The number of anilines is 1. The molecule has 6 nitrogen and oxygen atoms in total. The van der Waals surface area contributed by atoms with Crippen molar-refractivity contribution in [2.75, 3.05) is 18.7 Å². The highest BCUT2D eigenvalue weighted by Gasteiger charge is 2.28. The summed E-state index contributed by atoms with van der Waals surface area (Å²) in [5.41, 5.74) is 4.25. The van der Waals surface area contributed by atoms with Gasteiger partial charge in [0, 0.05) is 34.5 Å². The van der Waals surface area contributed by atoms with Gasteiger partial charge in [0.2, 0.25) is 0 Å². The third kappa shape index (κ3) is 3.34. The van der Waals surface area contributed by atoms with Crippen LogP contribution in [0, 0.1) is 6.92 Å². The fourth-order valence-electron chi connectivity index (χ4n) is 3.68. The Morgan fingerprint density at radius 3 is 2.45 bits per heavy atom. The van der Waals surface area contributed by atoms with Crippen molar-refractivity contribution < 1.29 is 17.9 Å². The molecule has 0 atom stereocenters. The van der Waals surface area contributed by atoms with E-state index in [0.717, 1.165) is 5.56 Å². The minimum absolute atomic E-state index is 0.236. The van der Waals surface area contributed by atoms with Crippen LogP contribution in [0.4, 0.5) is 5.69 Å². The van der Waals surface area contributed by atoms with Crippen molar-refractivity contribution in [1.82, 2.24) is 4.98 Å². The minimum atomic E-state index is -3.49. The molecule has 29 heavy (non-hydrogen) atoms. The second-order valence-electron chi connectivity index (χ2n) is 6.93. The van der Waals surface area contributed by atoms with E-state index in [1.54, 1.807) is 38.3 Å². The van der Waals surface area contributed by atoms with Gasteiger partial charge in [-0.3, -0.25) is 4.79 Å². The number of carbonyl (C=O) groups excluding carboxylic acids is 1. The quantitative estimate of drug-likeness (QED) is 0.641. The van der Waals surface area contributed by atoms with Crippen molar-refractivity contribution in [3.05, 3.63) is 65.5 Å². The first-order valence-corrected chi connectivity index (χ1v) is 10.9. The number of methoxy groups -OCH3 is 1. The molecule has 0 saturated carbocycles. The van der Waals surface area contributed by atoms with Gasteiger partial charge in [0.05, 0.1) is 17.6 Å². The molecule has 0 unspecified atom stereocenters. The van der Waals surface area contributed by atoms with Gasteiger partial charge in [-0.05, 0) is 36.8 Å². The molecule has 7 heteroatoms. The Morgan fingerprint density at radius 2 is 1.79 bits per heavy atom. The molecule has 0 radical (unpaired) electrons. The molecular weight excluding hydrogens is 388 g/mol. The van der Waals surface area contributed by atoms with Gasteiger partial charge in [0.25, 0.3) is 5.91 Å². The predicted octanol–water partition coefficient (Wildman–Crippen LogP) is 3.89. The first-order chi connectivity index (χ1) is 13.8. The maximum absolute atomic E-state index is 12.6. The third-order valence-electron chi connectivity index (χ3n) is 4.89. The Bertz CT molecular complexity index is 1260. The number of nitrogens with one attached hydrogen (secondary N) is 2. The maximum atomic E-state index is 12.6. The molecule has 0 aliphatic carbocycles. The summed E-state index contributed by atoms with van der Waals surface area (Å²) in [7, 11) is -1.93. The zero-order valence-corrected chi connectivity index (χ0v) is 17.1. The van der Waals surface area contributed by atoms with Crippen molar-refractivity contribution in [3.8, 4) is 16.9 Å². The van der Waals surface area contributed by atoms with Gasteiger partial charge in [0.15, 0.2) is 9.84 Å². The molecule has 3 aromatic rings. The van der Waals surface area contributed by atoms with Crippen LogP contribution in [0.3, 0.4) is 0 Å². The first kappa shape index (κ1) is 19.0. The molecule has 148 valence electrons. The van der Waals surface area contributed by atoms with Crippen LogP contribution in [0.25, 0.3) is 22.8 Å². The largest absolute Gasteiger partial charge is 0.497 e. The lowest BCUT2D eigenvalue weighted by Gasteiger charge is -2.06. The van der Waals surface area contributed by atoms with Crippen LogP contribution in [0.15, 0.2) is 53.4 Å². The Kier molecular flexibility index (Phi) is 4.55. The van der Waals surface area contributed by atoms with Crippen LogP contribution in [-0.4, -0.2) is 32.7 Å². The number of sulfone groups is 1. The normalized spacial score (nSPS) is 14.7. The molecular formula is C22H20N2O4S. The molecule has 1 aliphatic rings. The van der Waals surface area contributed by atoms with Crippen LogP contribution >= 0.6 is 0 Å². The van der Waals surface area contributed by atoms with E-state index in [9.17, 15) is 13.2 Å². The summed E-state index contributed by atoms with van der Waals surface area (Å²) in [6, 6.07) is 14.6. The summed E-state index contributed by atoms with van der Waals surface area (Å²) in [6.45, 7) is 1.72. The first-order valence-electron chi connectivity index (χ1n) is 8.99. The number of fused-ring (bicyclic) bond motifs is 1. The molecule has 0 bridgehead atoms. The summed E-state index contributed by atoms with van der Waals surface area (Å²) in [5, 5.41) is 2.84. The fraction of sp³-hybridized carbons (Fsp3) is 0.136. The molecule has 1 aliphatic heterocycles. The number of H-pyrrole nitrogens is 1. The lowest BCUT2D eigenvalue weighted by Crippen LogP contribution is -2.03. The highest BCUT2D eigenvalue weighted by Crippen LogP contribution is 2.39. The number of hydrogen-bond acceptors (Lipinski definition) is 4. The lowest BCUT2D eigenvalue weighted by molar-refractivity contribution is -0.110. The average molecular weight is 408 g/mol. The Morgan fingerprint density at radius 1 is 1.07 bits per heavy atom. The second kappa shape index (κ2) is 6.93. The minimum Gasteiger partial charge on any atom is -0.497 e. The highest BCUT2D eigenvalue weighted by atomic mass is 32.2. The van der Waals surface area contributed by atoms with Crippen LogP contribution in [0.2, 0.25) is 0 Å². The smallest absolute Gasteiger partial charge is 0.256 e. The Hall–Kier alpha value is -3.32. The van der Waals surface area contributed by atoms with Crippen molar-refractivity contribution in [2.45, 2.75) is 11.8 Å². The number of hydrogen-bond donors (Lipinski definition) is 2. The van der Waals surface area contributed by atoms with Gasteiger partial charge < -0.3 is 15.0 Å². The van der Waals surface area contributed by atoms with Gasteiger partial charge >= 0.3 is 0 Å². The van der Waals surface area contributed by atoms with E-state index in [2.05, 4.69) is 10.3 Å². The summed E-state index contributed by atoms with van der Waals surface area (Å²) in [5.74, 6) is 0.384. The van der Waals surface area contributed by atoms with Crippen molar-refractivity contribution in [2.24, 2.45) is 0 Å². The van der Waals surface area contributed by atoms with Crippen LogP contribution < -0.4 is 10.1 Å². The van der Waals surface area contributed by atoms with E-state index in [-0.39, 0.29) is 10.8 Å². The number of aryl methyl sites for hydroxylation is 1. The van der Waals surface area contributed by atoms with Crippen molar-refractivity contribution >= 4 is 33.1 Å².